The minimum absolute atomic E-state index is 0.121. The summed E-state index contributed by atoms with van der Waals surface area (Å²) in [4.78, 5) is 4.61. The van der Waals surface area contributed by atoms with Gasteiger partial charge in [0.05, 0.1) is 24.3 Å². The van der Waals surface area contributed by atoms with Crippen LogP contribution in [-0.2, 0) is 11.3 Å². The smallest absolute Gasteiger partial charge is 0.141 e. The zero-order chi connectivity index (χ0) is 19.6. The van der Waals surface area contributed by atoms with E-state index >= 15 is 0 Å². The molecule has 1 saturated heterocycles. The number of rotatable bonds is 6. The lowest BCUT2D eigenvalue weighted by Gasteiger charge is -2.21. The van der Waals surface area contributed by atoms with Gasteiger partial charge in [-0.25, -0.2) is 9.37 Å². The molecule has 3 aliphatic rings. The van der Waals surface area contributed by atoms with Gasteiger partial charge in [-0.1, -0.05) is 41.9 Å². The molecule has 0 bridgehead atoms. The molecule has 4 atom stereocenters. The molecule has 2 saturated carbocycles. The Bertz CT molecular complexity index is 1090. The summed E-state index contributed by atoms with van der Waals surface area (Å²) in [6.45, 7) is 1.43. The van der Waals surface area contributed by atoms with E-state index in [9.17, 15) is 4.39 Å². The van der Waals surface area contributed by atoms with Crippen molar-refractivity contribution in [3.8, 4) is 5.69 Å². The summed E-state index contributed by atoms with van der Waals surface area (Å²) in [5.41, 5.74) is 2.49. The third-order valence-electron chi connectivity index (χ3n) is 7.07. The molecule has 29 heavy (non-hydrogen) atoms. The molecule has 6 heteroatoms. The number of aromatic nitrogens is 2. The largest absolute Gasteiger partial charge is 0.376 e. The normalized spacial score (nSPS) is 31.4. The Hall–Kier alpha value is -2.21. The molecule has 2 heterocycles. The average Bonchev–Trinajstić information content (AvgIpc) is 3.42. The topological polar surface area (TPSA) is 39.1 Å². The van der Waals surface area contributed by atoms with Gasteiger partial charge in [-0.2, -0.15) is 0 Å². The number of ether oxygens (including phenoxy) is 1. The summed E-state index contributed by atoms with van der Waals surface area (Å²) in [5, 5.41) is 3.96. The van der Waals surface area contributed by atoms with E-state index in [1.165, 1.54) is 18.1 Å². The number of fused-ring (bicyclic) bond motifs is 1. The number of piperidine rings is 1. The monoisotopic (exact) mass is 409 g/mol. The Balaban J connectivity index is 1.19. The Morgan fingerprint density at radius 1 is 1.21 bits per heavy atom. The van der Waals surface area contributed by atoms with Crippen molar-refractivity contribution in [2.75, 3.05) is 6.61 Å². The van der Waals surface area contributed by atoms with Gasteiger partial charge >= 0.3 is 0 Å². The number of benzene rings is 2. The fraction of sp³-hybridized carbons (Fsp3) is 0.348. The standard InChI is InChI=1S/C23H21ClFN3O/c24-17-10-16(6-7-18(17)25)28-9-8-26-21(28)19-11-22(20-12-23(20,22)27-19)14-29-13-15-4-2-1-3-5-15/h1-10,19-20,27H,11-14H2/t19-,20?,22+,23-/m0/s1. The van der Waals surface area contributed by atoms with E-state index < -0.39 is 5.82 Å². The van der Waals surface area contributed by atoms with Crippen molar-refractivity contribution in [1.82, 2.24) is 14.9 Å². The molecular formula is C23H21ClFN3O. The Labute approximate surface area is 173 Å². The summed E-state index contributed by atoms with van der Waals surface area (Å²) in [5.74, 6) is 1.26. The number of hydrogen-bond donors (Lipinski definition) is 1. The highest BCUT2D eigenvalue weighted by atomic mass is 35.5. The van der Waals surface area contributed by atoms with Crippen molar-refractivity contribution in [2.24, 2.45) is 11.3 Å². The maximum Gasteiger partial charge on any atom is 0.141 e. The van der Waals surface area contributed by atoms with Gasteiger partial charge in [-0.05, 0) is 42.5 Å². The zero-order valence-electron chi connectivity index (χ0n) is 15.8. The number of hydrogen-bond acceptors (Lipinski definition) is 3. The first kappa shape index (κ1) is 17.6. The molecule has 6 rings (SSSR count). The second-order valence-electron chi connectivity index (χ2n) is 8.52. The van der Waals surface area contributed by atoms with Gasteiger partial charge in [0.15, 0.2) is 0 Å². The van der Waals surface area contributed by atoms with Crippen LogP contribution in [0.4, 0.5) is 4.39 Å². The summed E-state index contributed by atoms with van der Waals surface area (Å²) >= 11 is 5.99. The molecular weight excluding hydrogens is 389 g/mol. The number of imidazole rings is 1. The van der Waals surface area contributed by atoms with E-state index in [2.05, 4.69) is 22.4 Å². The van der Waals surface area contributed by atoms with Gasteiger partial charge < -0.3 is 14.6 Å². The van der Waals surface area contributed by atoms with Crippen LogP contribution in [0.1, 0.15) is 30.3 Å². The first-order valence-corrected chi connectivity index (χ1v) is 10.4. The highest BCUT2D eigenvalue weighted by molar-refractivity contribution is 6.30. The molecule has 4 nitrogen and oxygen atoms in total. The molecule has 1 aromatic heterocycles. The third kappa shape index (κ3) is 2.54. The molecule has 0 amide bonds. The predicted octanol–water partition coefficient (Wildman–Crippen LogP) is 4.67. The van der Waals surface area contributed by atoms with Crippen LogP contribution in [0, 0.1) is 17.2 Å². The quantitative estimate of drug-likeness (QED) is 0.642. The zero-order valence-corrected chi connectivity index (χ0v) is 16.6. The van der Waals surface area contributed by atoms with Crippen molar-refractivity contribution in [2.45, 2.75) is 31.0 Å². The average molecular weight is 410 g/mol. The third-order valence-corrected chi connectivity index (χ3v) is 7.36. The van der Waals surface area contributed by atoms with E-state index in [0.29, 0.717) is 6.61 Å². The fourth-order valence-electron chi connectivity index (χ4n) is 5.44. The molecule has 1 N–H and O–H groups in total. The molecule has 1 unspecified atom stereocenters. The van der Waals surface area contributed by atoms with Crippen molar-refractivity contribution in [3.05, 3.63) is 83.2 Å². The van der Waals surface area contributed by atoms with Gasteiger partial charge in [0.1, 0.15) is 11.6 Å². The minimum Gasteiger partial charge on any atom is -0.376 e. The summed E-state index contributed by atoms with van der Waals surface area (Å²) in [6, 6.07) is 15.2. The molecule has 1 spiro atoms. The molecule has 3 aromatic rings. The van der Waals surface area contributed by atoms with Gasteiger partial charge in [0, 0.05) is 29.0 Å². The summed E-state index contributed by atoms with van der Waals surface area (Å²) < 4.78 is 21.7. The van der Waals surface area contributed by atoms with Crippen molar-refractivity contribution < 1.29 is 9.13 Å². The van der Waals surface area contributed by atoms with Crippen LogP contribution in [0.2, 0.25) is 5.02 Å². The molecule has 2 aromatic carbocycles. The van der Waals surface area contributed by atoms with Crippen LogP contribution in [0.15, 0.2) is 60.9 Å². The number of nitrogens with zero attached hydrogens (tertiary/aromatic N) is 2. The molecule has 2 aliphatic carbocycles. The molecule has 0 radical (unpaired) electrons. The van der Waals surface area contributed by atoms with E-state index in [1.54, 1.807) is 18.3 Å². The summed E-state index contributed by atoms with van der Waals surface area (Å²) in [7, 11) is 0. The number of nitrogens with one attached hydrogen (secondary N) is 1. The molecule has 148 valence electrons. The molecule has 3 fully saturated rings. The van der Waals surface area contributed by atoms with E-state index in [-0.39, 0.29) is 22.0 Å². The van der Waals surface area contributed by atoms with Crippen molar-refractivity contribution >= 4 is 11.6 Å². The maximum atomic E-state index is 13.6. The highest BCUT2D eigenvalue weighted by Crippen LogP contribution is 2.86. The van der Waals surface area contributed by atoms with Crippen molar-refractivity contribution in [3.63, 3.8) is 0 Å². The minimum atomic E-state index is -0.411. The predicted molar refractivity (Wildman–Crippen MR) is 108 cm³/mol. The van der Waals surface area contributed by atoms with Crippen LogP contribution < -0.4 is 5.32 Å². The van der Waals surface area contributed by atoms with Gasteiger partial charge in [-0.3, -0.25) is 0 Å². The summed E-state index contributed by atoms with van der Waals surface area (Å²) in [6.07, 6.45) is 5.93. The van der Waals surface area contributed by atoms with Crippen LogP contribution >= 0.6 is 11.6 Å². The van der Waals surface area contributed by atoms with Gasteiger partial charge in [0.25, 0.3) is 0 Å². The highest BCUT2D eigenvalue weighted by Gasteiger charge is 2.91. The lowest BCUT2D eigenvalue weighted by molar-refractivity contribution is 0.0562. The Kier molecular flexibility index (Phi) is 3.74. The van der Waals surface area contributed by atoms with Crippen LogP contribution in [0.5, 0.6) is 0 Å². The Morgan fingerprint density at radius 3 is 2.86 bits per heavy atom. The Morgan fingerprint density at radius 2 is 2.07 bits per heavy atom. The first-order chi connectivity index (χ1) is 14.1. The fourth-order valence-corrected chi connectivity index (χ4v) is 5.62. The van der Waals surface area contributed by atoms with Crippen LogP contribution in [-0.4, -0.2) is 21.7 Å². The second-order valence-corrected chi connectivity index (χ2v) is 8.92. The molecule has 1 aliphatic heterocycles. The van der Waals surface area contributed by atoms with E-state index in [1.807, 2.05) is 29.0 Å². The number of halogens is 2. The van der Waals surface area contributed by atoms with Crippen LogP contribution in [0.25, 0.3) is 5.69 Å². The van der Waals surface area contributed by atoms with Crippen molar-refractivity contribution in [1.29, 1.82) is 0 Å². The van der Waals surface area contributed by atoms with Gasteiger partial charge in [0.2, 0.25) is 0 Å². The SMILES string of the molecule is Fc1ccc(-n2ccnc2[C@@H]2C[C@@]3(COCc4ccccc4)C4C[C@]43N2)cc1Cl. The lowest BCUT2D eigenvalue weighted by Crippen LogP contribution is -2.27. The van der Waals surface area contributed by atoms with Crippen LogP contribution in [0.3, 0.4) is 0 Å². The second kappa shape index (κ2) is 6.14. The maximum absolute atomic E-state index is 13.6. The lowest BCUT2D eigenvalue weighted by atomic mass is 9.89. The van der Waals surface area contributed by atoms with E-state index in [0.717, 1.165) is 30.5 Å². The van der Waals surface area contributed by atoms with E-state index in [4.69, 9.17) is 16.3 Å². The van der Waals surface area contributed by atoms with Gasteiger partial charge in [-0.15, -0.1) is 0 Å². The first-order valence-electron chi connectivity index (χ1n) is 10.0.